The van der Waals surface area contributed by atoms with Crippen LogP contribution in [-0.2, 0) is 0 Å². The van der Waals surface area contributed by atoms with Crippen molar-refractivity contribution in [2.24, 2.45) is 5.92 Å². The molecule has 1 aromatic heterocycles. The summed E-state index contributed by atoms with van der Waals surface area (Å²) < 4.78 is 0. The molecule has 0 aliphatic heterocycles. The predicted molar refractivity (Wildman–Crippen MR) is 87.9 cm³/mol. The van der Waals surface area contributed by atoms with Gasteiger partial charge in [-0.05, 0) is 49.4 Å². The highest BCUT2D eigenvalue weighted by atomic mass is 14.9. The molecule has 2 unspecified atom stereocenters. The number of unbranched alkanes of at least 4 members (excludes halogenated alkanes) is 1. The molecule has 1 heterocycles. The van der Waals surface area contributed by atoms with Gasteiger partial charge in [-0.25, -0.2) is 0 Å². The lowest BCUT2D eigenvalue weighted by Crippen LogP contribution is -2.25. The first kappa shape index (κ1) is 17.2. The highest BCUT2D eigenvalue weighted by molar-refractivity contribution is 5.25. The highest BCUT2D eigenvalue weighted by Crippen LogP contribution is 2.28. The fraction of sp³-hybridized carbons (Fsp3) is 0.722. The zero-order valence-corrected chi connectivity index (χ0v) is 13.8. The summed E-state index contributed by atoms with van der Waals surface area (Å²) in [7, 11) is 0. The van der Waals surface area contributed by atoms with E-state index in [4.69, 9.17) is 0 Å². The molecule has 2 atom stereocenters. The molecule has 0 saturated heterocycles. The normalized spacial score (nSPS) is 14.2. The number of rotatable bonds is 10. The molecular formula is C18H32N2. The topological polar surface area (TPSA) is 24.9 Å². The third kappa shape index (κ3) is 5.62. The van der Waals surface area contributed by atoms with E-state index in [2.05, 4.69) is 44.1 Å². The minimum absolute atomic E-state index is 0.486. The SMILES string of the molecule is CCCCC(CC)CC(NCCC)c1ccncc1C. The Bertz CT molecular complexity index is 362. The number of nitrogens with zero attached hydrogens (tertiary/aromatic N) is 1. The van der Waals surface area contributed by atoms with Crippen LogP contribution < -0.4 is 5.32 Å². The summed E-state index contributed by atoms with van der Waals surface area (Å²) in [6.45, 7) is 10.1. The minimum atomic E-state index is 0.486. The van der Waals surface area contributed by atoms with Crippen molar-refractivity contribution < 1.29 is 0 Å². The molecule has 0 amide bonds. The minimum Gasteiger partial charge on any atom is -0.310 e. The molecule has 1 aromatic rings. The van der Waals surface area contributed by atoms with Crippen molar-refractivity contribution in [3.05, 3.63) is 29.6 Å². The maximum absolute atomic E-state index is 4.23. The van der Waals surface area contributed by atoms with Gasteiger partial charge in [0, 0.05) is 18.4 Å². The first-order valence-corrected chi connectivity index (χ1v) is 8.36. The Morgan fingerprint density at radius 1 is 1.20 bits per heavy atom. The molecule has 0 aromatic carbocycles. The average Bonchev–Trinajstić information content (AvgIpc) is 2.47. The number of nitrogens with one attached hydrogen (secondary N) is 1. The Kier molecular flexibility index (Phi) is 8.52. The van der Waals surface area contributed by atoms with Crippen LogP contribution in [-0.4, -0.2) is 11.5 Å². The van der Waals surface area contributed by atoms with E-state index in [9.17, 15) is 0 Å². The summed E-state index contributed by atoms with van der Waals surface area (Å²) in [6, 6.07) is 2.68. The number of hydrogen-bond acceptors (Lipinski definition) is 2. The standard InChI is InChI=1S/C18H32N2/c1-5-8-9-16(7-3)13-18(20-11-6-2)17-10-12-19-14-15(17)4/h10,12,14,16,18,20H,5-9,11,13H2,1-4H3. The van der Waals surface area contributed by atoms with Crippen LogP contribution in [0.3, 0.4) is 0 Å². The Morgan fingerprint density at radius 2 is 2.00 bits per heavy atom. The Balaban J connectivity index is 2.75. The van der Waals surface area contributed by atoms with Gasteiger partial charge in [0.2, 0.25) is 0 Å². The highest BCUT2D eigenvalue weighted by Gasteiger charge is 2.17. The summed E-state index contributed by atoms with van der Waals surface area (Å²) >= 11 is 0. The van der Waals surface area contributed by atoms with Gasteiger partial charge in [0.15, 0.2) is 0 Å². The molecule has 0 bridgehead atoms. The summed E-state index contributed by atoms with van der Waals surface area (Å²) in [5.41, 5.74) is 2.75. The fourth-order valence-electron chi connectivity index (χ4n) is 2.83. The molecule has 0 radical (unpaired) electrons. The molecule has 1 N–H and O–H groups in total. The van der Waals surface area contributed by atoms with Gasteiger partial charge in [0.05, 0.1) is 0 Å². The Labute approximate surface area is 125 Å². The zero-order valence-electron chi connectivity index (χ0n) is 13.8. The number of aryl methyl sites for hydroxylation is 1. The van der Waals surface area contributed by atoms with Crippen molar-refractivity contribution in [3.8, 4) is 0 Å². The van der Waals surface area contributed by atoms with E-state index in [-0.39, 0.29) is 0 Å². The van der Waals surface area contributed by atoms with Crippen molar-refractivity contribution in [1.82, 2.24) is 10.3 Å². The molecule has 0 aliphatic carbocycles. The molecule has 0 saturated carbocycles. The summed E-state index contributed by atoms with van der Waals surface area (Å²) in [6.07, 6.45) is 11.7. The third-order valence-electron chi connectivity index (χ3n) is 4.19. The lowest BCUT2D eigenvalue weighted by Gasteiger charge is -2.25. The van der Waals surface area contributed by atoms with Crippen LogP contribution in [0.5, 0.6) is 0 Å². The van der Waals surface area contributed by atoms with Crippen LogP contribution in [0.15, 0.2) is 18.5 Å². The van der Waals surface area contributed by atoms with Gasteiger partial charge in [0.1, 0.15) is 0 Å². The van der Waals surface area contributed by atoms with Crippen LogP contribution in [0.2, 0.25) is 0 Å². The summed E-state index contributed by atoms with van der Waals surface area (Å²) in [5.74, 6) is 0.830. The molecule has 20 heavy (non-hydrogen) atoms. The van der Waals surface area contributed by atoms with E-state index in [1.165, 1.54) is 49.7 Å². The van der Waals surface area contributed by atoms with Gasteiger partial charge in [-0.1, -0.05) is 46.5 Å². The molecule has 2 heteroatoms. The van der Waals surface area contributed by atoms with Crippen molar-refractivity contribution >= 4 is 0 Å². The monoisotopic (exact) mass is 276 g/mol. The Hall–Kier alpha value is -0.890. The molecule has 0 fully saturated rings. The van der Waals surface area contributed by atoms with Crippen molar-refractivity contribution in [3.63, 3.8) is 0 Å². The smallest absolute Gasteiger partial charge is 0.0326 e. The second-order valence-corrected chi connectivity index (χ2v) is 5.89. The van der Waals surface area contributed by atoms with Gasteiger partial charge in [-0.15, -0.1) is 0 Å². The van der Waals surface area contributed by atoms with Gasteiger partial charge in [0.25, 0.3) is 0 Å². The molecule has 0 aliphatic rings. The first-order valence-electron chi connectivity index (χ1n) is 8.36. The largest absolute Gasteiger partial charge is 0.310 e. The third-order valence-corrected chi connectivity index (χ3v) is 4.19. The fourth-order valence-corrected chi connectivity index (χ4v) is 2.83. The van der Waals surface area contributed by atoms with Gasteiger partial charge in [-0.3, -0.25) is 4.98 Å². The van der Waals surface area contributed by atoms with E-state index in [0.29, 0.717) is 6.04 Å². The van der Waals surface area contributed by atoms with E-state index in [1.54, 1.807) is 0 Å². The van der Waals surface area contributed by atoms with Crippen molar-refractivity contribution in [2.45, 2.75) is 72.3 Å². The van der Waals surface area contributed by atoms with E-state index >= 15 is 0 Å². The van der Waals surface area contributed by atoms with Gasteiger partial charge in [-0.2, -0.15) is 0 Å². The molecule has 114 valence electrons. The molecule has 1 rings (SSSR count). The van der Waals surface area contributed by atoms with Crippen LogP contribution >= 0.6 is 0 Å². The van der Waals surface area contributed by atoms with Crippen molar-refractivity contribution in [1.29, 1.82) is 0 Å². The summed E-state index contributed by atoms with van der Waals surface area (Å²) in [4.78, 5) is 4.23. The molecule has 2 nitrogen and oxygen atoms in total. The molecule has 0 spiro atoms. The van der Waals surface area contributed by atoms with Gasteiger partial charge >= 0.3 is 0 Å². The van der Waals surface area contributed by atoms with E-state index in [1.807, 2.05) is 12.4 Å². The number of aromatic nitrogens is 1. The zero-order chi connectivity index (χ0) is 14.8. The lowest BCUT2D eigenvalue weighted by atomic mass is 9.88. The lowest BCUT2D eigenvalue weighted by molar-refractivity contribution is 0.353. The van der Waals surface area contributed by atoms with Crippen LogP contribution in [0, 0.1) is 12.8 Å². The Morgan fingerprint density at radius 3 is 2.60 bits per heavy atom. The quantitative estimate of drug-likeness (QED) is 0.648. The van der Waals surface area contributed by atoms with Crippen molar-refractivity contribution in [2.75, 3.05) is 6.54 Å². The molecular weight excluding hydrogens is 244 g/mol. The average molecular weight is 276 g/mol. The number of hydrogen-bond donors (Lipinski definition) is 1. The second kappa shape index (κ2) is 9.93. The maximum atomic E-state index is 4.23. The summed E-state index contributed by atoms with van der Waals surface area (Å²) in [5, 5.41) is 3.74. The first-order chi connectivity index (χ1) is 9.72. The number of pyridine rings is 1. The van der Waals surface area contributed by atoms with E-state index in [0.717, 1.165) is 12.5 Å². The van der Waals surface area contributed by atoms with Gasteiger partial charge < -0.3 is 5.32 Å². The van der Waals surface area contributed by atoms with Crippen LogP contribution in [0.4, 0.5) is 0 Å². The van der Waals surface area contributed by atoms with Crippen LogP contribution in [0.1, 0.15) is 76.5 Å². The van der Waals surface area contributed by atoms with E-state index < -0.39 is 0 Å². The van der Waals surface area contributed by atoms with Crippen LogP contribution in [0.25, 0.3) is 0 Å². The predicted octanol–water partition coefficient (Wildman–Crippen LogP) is 5.04. The maximum Gasteiger partial charge on any atom is 0.0326 e. The second-order valence-electron chi connectivity index (χ2n) is 5.89.